The summed E-state index contributed by atoms with van der Waals surface area (Å²) in [5.74, 6) is -0.375. The summed E-state index contributed by atoms with van der Waals surface area (Å²) in [6.45, 7) is 2.79. The summed E-state index contributed by atoms with van der Waals surface area (Å²) < 4.78 is 0. The van der Waals surface area contributed by atoms with Crippen LogP contribution in [0.15, 0.2) is 23.0 Å². The summed E-state index contributed by atoms with van der Waals surface area (Å²) in [5.41, 5.74) is 5.78. The van der Waals surface area contributed by atoms with E-state index in [1.54, 1.807) is 22.9 Å². The van der Waals surface area contributed by atoms with E-state index >= 15 is 0 Å². The Morgan fingerprint density at radius 1 is 1.59 bits per heavy atom. The Hall–Kier alpha value is -1.24. The summed E-state index contributed by atoms with van der Waals surface area (Å²) in [4.78, 5) is 16.3. The van der Waals surface area contributed by atoms with E-state index in [1.165, 1.54) is 11.3 Å². The standard InChI is InChI=1S/C11H13N3OS2/c1-7(11-13-2-3-16-11)14-5-9-4-8(6-17-9)10(12)15/h2-4,6-7,14H,5H2,1H3,(H2,12,15). The molecule has 2 heterocycles. The molecule has 0 aromatic carbocycles. The zero-order valence-electron chi connectivity index (χ0n) is 9.34. The number of carbonyl (C=O) groups excluding carboxylic acids is 1. The van der Waals surface area contributed by atoms with Crippen LogP contribution in [0.2, 0.25) is 0 Å². The topological polar surface area (TPSA) is 68.0 Å². The second kappa shape index (κ2) is 5.39. The Morgan fingerprint density at radius 2 is 2.41 bits per heavy atom. The minimum atomic E-state index is -0.375. The number of carbonyl (C=O) groups is 1. The number of amides is 1. The molecule has 0 spiro atoms. The van der Waals surface area contributed by atoms with E-state index in [4.69, 9.17) is 5.73 Å². The Kier molecular flexibility index (Phi) is 3.88. The minimum Gasteiger partial charge on any atom is -0.366 e. The van der Waals surface area contributed by atoms with E-state index < -0.39 is 0 Å². The van der Waals surface area contributed by atoms with Gasteiger partial charge in [-0.15, -0.1) is 22.7 Å². The summed E-state index contributed by atoms with van der Waals surface area (Å²) in [6, 6.07) is 2.04. The van der Waals surface area contributed by atoms with Crippen LogP contribution in [0.5, 0.6) is 0 Å². The van der Waals surface area contributed by atoms with Gasteiger partial charge in [-0.25, -0.2) is 4.98 Å². The van der Waals surface area contributed by atoms with E-state index in [-0.39, 0.29) is 11.9 Å². The first-order chi connectivity index (χ1) is 8.16. The van der Waals surface area contributed by atoms with Gasteiger partial charge < -0.3 is 11.1 Å². The third-order valence-corrected chi connectivity index (χ3v) is 4.24. The highest BCUT2D eigenvalue weighted by Gasteiger charge is 2.09. The van der Waals surface area contributed by atoms with E-state index in [1.807, 2.05) is 11.4 Å². The molecule has 0 saturated carbocycles. The number of hydrogen-bond acceptors (Lipinski definition) is 5. The Bertz CT molecular complexity index is 493. The van der Waals surface area contributed by atoms with Gasteiger partial charge in [-0.1, -0.05) is 0 Å². The van der Waals surface area contributed by atoms with Gasteiger partial charge in [0.1, 0.15) is 5.01 Å². The molecule has 1 unspecified atom stereocenters. The lowest BCUT2D eigenvalue weighted by molar-refractivity contribution is 0.100. The van der Waals surface area contributed by atoms with E-state index in [9.17, 15) is 4.79 Å². The van der Waals surface area contributed by atoms with Gasteiger partial charge in [-0.2, -0.15) is 0 Å². The van der Waals surface area contributed by atoms with Crippen molar-refractivity contribution in [2.45, 2.75) is 19.5 Å². The highest BCUT2D eigenvalue weighted by atomic mass is 32.1. The molecule has 17 heavy (non-hydrogen) atoms. The number of rotatable bonds is 5. The van der Waals surface area contributed by atoms with Crippen LogP contribution in [-0.4, -0.2) is 10.9 Å². The molecule has 4 nitrogen and oxygen atoms in total. The molecule has 2 aromatic rings. The molecule has 0 aliphatic rings. The first-order valence-electron chi connectivity index (χ1n) is 5.17. The summed E-state index contributed by atoms with van der Waals surface area (Å²) in [5, 5.41) is 8.17. The zero-order chi connectivity index (χ0) is 12.3. The first kappa shape index (κ1) is 12.2. The van der Waals surface area contributed by atoms with Crippen LogP contribution in [0.3, 0.4) is 0 Å². The lowest BCUT2D eigenvalue weighted by Gasteiger charge is -2.09. The number of nitrogens with zero attached hydrogens (tertiary/aromatic N) is 1. The molecule has 0 bridgehead atoms. The van der Waals surface area contributed by atoms with E-state index in [0.29, 0.717) is 5.56 Å². The number of aromatic nitrogens is 1. The molecule has 0 aliphatic heterocycles. The quantitative estimate of drug-likeness (QED) is 0.872. The van der Waals surface area contributed by atoms with Crippen LogP contribution in [-0.2, 0) is 6.54 Å². The van der Waals surface area contributed by atoms with Gasteiger partial charge in [-0.3, -0.25) is 4.79 Å². The molecule has 1 amide bonds. The van der Waals surface area contributed by atoms with E-state index in [2.05, 4.69) is 17.2 Å². The fourth-order valence-corrected chi connectivity index (χ4v) is 2.89. The van der Waals surface area contributed by atoms with Crippen LogP contribution < -0.4 is 11.1 Å². The van der Waals surface area contributed by atoms with Crippen molar-refractivity contribution in [3.05, 3.63) is 38.5 Å². The maximum absolute atomic E-state index is 10.9. The molecule has 0 aliphatic carbocycles. The number of hydrogen-bond donors (Lipinski definition) is 2. The zero-order valence-corrected chi connectivity index (χ0v) is 11.0. The predicted octanol–water partition coefficient (Wildman–Crippen LogP) is 2.15. The largest absolute Gasteiger partial charge is 0.366 e. The molecule has 90 valence electrons. The fourth-order valence-electron chi connectivity index (χ4n) is 1.39. The molecular weight excluding hydrogens is 254 g/mol. The number of thiophene rings is 1. The molecule has 2 aromatic heterocycles. The smallest absolute Gasteiger partial charge is 0.249 e. The highest BCUT2D eigenvalue weighted by Crippen LogP contribution is 2.18. The second-order valence-corrected chi connectivity index (χ2v) is 5.56. The fraction of sp³-hybridized carbons (Fsp3) is 0.273. The molecule has 1 atom stereocenters. The molecule has 0 radical (unpaired) electrons. The van der Waals surface area contributed by atoms with Crippen LogP contribution in [0.4, 0.5) is 0 Å². The van der Waals surface area contributed by atoms with Crippen molar-refractivity contribution in [3.8, 4) is 0 Å². The molecule has 0 saturated heterocycles. The maximum atomic E-state index is 10.9. The molecule has 2 rings (SSSR count). The molecule has 6 heteroatoms. The van der Waals surface area contributed by atoms with Crippen molar-refractivity contribution in [3.63, 3.8) is 0 Å². The lowest BCUT2D eigenvalue weighted by atomic mass is 10.3. The molecule has 0 fully saturated rings. The average molecular weight is 267 g/mol. The normalized spacial score (nSPS) is 12.5. The highest BCUT2D eigenvalue weighted by molar-refractivity contribution is 7.10. The first-order valence-corrected chi connectivity index (χ1v) is 6.92. The minimum absolute atomic E-state index is 0.217. The monoisotopic (exact) mass is 267 g/mol. The van der Waals surface area contributed by atoms with E-state index in [0.717, 1.165) is 16.4 Å². The molecular formula is C11H13N3OS2. The van der Waals surface area contributed by atoms with Crippen molar-refractivity contribution in [1.29, 1.82) is 0 Å². The van der Waals surface area contributed by atoms with Crippen LogP contribution in [0.25, 0.3) is 0 Å². The predicted molar refractivity (Wildman–Crippen MR) is 70.2 cm³/mol. The summed E-state index contributed by atoms with van der Waals surface area (Å²) in [6.07, 6.45) is 1.80. The van der Waals surface area contributed by atoms with Gasteiger partial charge in [0.25, 0.3) is 0 Å². The molecule has 3 N–H and O–H groups in total. The Morgan fingerprint density at radius 3 is 3.00 bits per heavy atom. The van der Waals surface area contributed by atoms with Gasteiger partial charge in [0.2, 0.25) is 5.91 Å². The van der Waals surface area contributed by atoms with Gasteiger partial charge in [-0.05, 0) is 13.0 Å². The lowest BCUT2D eigenvalue weighted by Crippen LogP contribution is -2.17. The number of thiazole rings is 1. The van der Waals surface area contributed by atoms with Crippen LogP contribution >= 0.6 is 22.7 Å². The van der Waals surface area contributed by atoms with Gasteiger partial charge in [0, 0.05) is 28.4 Å². The van der Waals surface area contributed by atoms with Crippen molar-refractivity contribution in [2.75, 3.05) is 0 Å². The average Bonchev–Trinajstić information content (AvgIpc) is 2.97. The van der Waals surface area contributed by atoms with Crippen molar-refractivity contribution in [1.82, 2.24) is 10.3 Å². The Labute approximate surface area is 107 Å². The third kappa shape index (κ3) is 3.12. The van der Waals surface area contributed by atoms with Crippen molar-refractivity contribution in [2.24, 2.45) is 5.73 Å². The van der Waals surface area contributed by atoms with Gasteiger partial charge in [0.15, 0.2) is 0 Å². The number of primary amides is 1. The number of nitrogens with two attached hydrogens (primary N) is 1. The maximum Gasteiger partial charge on any atom is 0.249 e. The van der Waals surface area contributed by atoms with Crippen molar-refractivity contribution < 1.29 is 4.79 Å². The Balaban J connectivity index is 1.91. The summed E-state index contributed by atoms with van der Waals surface area (Å²) >= 11 is 3.17. The SMILES string of the molecule is CC(NCc1cc(C(N)=O)cs1)c1nccs1. The van der Waals surface area contributed by atoms with Gasteiger partial charge in [0.05, 0.1) is 11.6 Å². The third-order valence-electron chi connectivity index (χ3n) is 2.34. The second-order valence-electron chi connectivity index (χ2n) is 3.64. The number of nitrogens with one attached hydrogen (secondary N) is 1. The van der Waals surface area contributed by atoms with Gasteiger partial charge >= 0.3 is 0 Å². The van der Waals surface area contributed by atoms with Crippen LogP contribution in [0.1, 0.15) is 33.2 Å². The van der Waals surface area contributed by atoms with Crippen molar-refractivity contribution >= 4 is 28.6 Å². The summed E-state index contributed by atoms with van der Waals surface area (Å²) in [7, 11) is 0. The van der Waals surface area contributed by atoms with Crippen LogP contribution in [0, 0.1) is 0 Å².